The fourth-order valence-corrected chi connectivity index (χ4v) is 3.71. The standard InChI is InChI=1S/C17H25N7O2/c18-15-14-16(24(10-19-14)13-7-6-12(9-25)26-13)22-17(21-15)23-20-8-11-4-2-1-3-5-11/h8,10-13,25H,1-7,9H2,(H3,18,21,22,23)/b20-8+/t12-,13+/m0/s1. The molecule has 26 heavy (non-hydrogen) atoms. The summed E-state index contributed by atoms with van der Waals surface area (Å²) in [6.45, 7) is 0.0168. The molecule has 1 aliphatic carbocycles. The van der Waals surface area contributed by atoms with Crippen LogP contribution in [-0.2, 0) is 4.74 Å². The number of nitrogens with one attached hydrogen (secondary N) is 1. The molecular weight excluding hydrogens is 334 g/mol. The topological polar surface area (TPSA) is 123 Å². The van der Waals surface area contributed by atoms with Crippen LogP contribution in [0.5, 0.6) is 0 Å². The SMILES string of the molecule is Nc1nc(N/N=C/C2CCCCC2)nc2c1ncn2[C@H]1CC[C@@H](CO)O1. The van der Waals surface area contributed by atoms with E-state index in [0.29, 0.717) is 28.8 Å². The molecule has 2 atom stereocenters. The van der Waals surface area contributed by atoms with Crippen molar-refractivity contribution in [3.8, 4) is 0 Å². The van der Waals surface area contributed by atoms with Gasteiger partial charge in [0.2, 0.25) is 5.95 Å². The summed E-state index contributed by atoms with van der Waals surface area (Å²) in [6.07, 6.45) is 11.1. The number of aromatic nitrogens is 4. The molecule has 0 bridgehead atoms. The second-order valence-corrected chi connectivity index (χ2v) is 7.02. The van der Waals surface area contributed by atoms with Crippen molar-refractivity contribution >= 4 is 29.1 Å². The molecule has 1 saturated heterocycles. The fraction of sp³-hybridized carbons (Fsp3) is 0.647. The number of nitrogen functional groups attached to an aromatic ring is 1. The molecule has 2 aliphatic rings. The van der Waals surface area contributed by atoms with Crippen molar-refractivity contribution in [3.05, 3.63) is 6.33 Å². The molecule has 0 amide bonds. The molecule has 1 aliphatic heterocycles. The zero-order valence-electron chi connectivity index (χ0n) is 14.7. The number of nitrogens with two attached hydrogens (primary N) is 1. The predicted molar refractivity (Wildman–Crippen MR) is 98.7 cm³/mol. The van der Waals surface area contributed by atoms with Gasteiger partial charge in [-0.05, 0) is 31.6 Å². The van der Waals surface area contributed by atoms with Gasteiger partial charge in [0.1, 0.15) is 11.7 Å². The lowest BCUT2D eigenvalue weighted by Gasteiger charge is -2.16. The second-order valence-electron chi connectivity index (χ2n) is 7.02. The smallest absolute Gasteiger partial charge is 0.247 e. The maximum absolute atomic E-state index is 9.27. The van der Waals surface area contributed by atoms with Gasteiger partial charge in [0.25, 0.3) is 0 Å². The lowest BCUT2D eigenvalue weighted by atomic mass is 9.90. The number of nitrogens with zero attached hydrogens (tertiary/aromatic N) is 5. The molecule has 2 fully saturated rings. The molecule has 0 unspecified atom stereocenters. The minimum atomic E-state index is -0.204. The van der Waals surface area contributed by atoms with E-state index < -0.39 is 0 Å². The third-order valence-electron chi connectivity index (χ3n) is 5.15. The second kappa shape index (κ2) is 7.55. The highest BCUT2D eigenvalue weighted by atomic mass is 16.5. The summed E-state index contributed by atoms with van der Waals surface area (Å²) in [5.74, 6) is 1.17. The van der Waals surface area contributed by atoms with E-state index in [1.54, 1.807) is 6.33 Å². The number of rotatable bonds is 5. The zero-order chi connectivity index (χ0) is 17.9. The van der Waals surface area contributed by atoms with Crippen LogP contribution < -0.4 is 11.2 Å². The Bertz CT molecular complexity index is 785. The van der Waals surface area contributed by atoms with Crippen molar-refractivity contribution in [2.75, 3.05) is 17.8 Å². The number of hydrogen-bond donors (Lipinski definition) is 3. The van der Waals surface area contributed by atoms with Gasteiger partial charge in [0.05, 0.1) is 19.0 Å². The number of fused-ring (bicyclic) bond motifs is 1. The Balaban J connectivity index is 1.53. The third kappa shape index (κ3) is 3.49. The Kier molecular flexibility index (Phi) is 4.98. The van der Waals surface area contributed by atoms with Crippen LogP contribution in [0.4, 0.5) is 11.8 Å². The highest BCUT2D eigenvalue weighted by Crippen LogP contribution is 2.31. The van der Waals surface area contributed by atoms with Gasteiger partial charge in [-0.15, -0.1) is 0 Å². The Morgan fingerprint density at radius 1 is 1.27 bits per heavy atom. The first kappa shape index (κ1) is 17.2. The van der Waals surface area contributed by atoms with Crippen LogP contribution in [0.1, 0.15) is 51.2 Å². The summed E-state index contributed by atoms with van der Waals surface area (Å²) < 4.78 is 7.67. The summed E-state index contributed by atoms with van der Waals surface area (Å²) >= 11 is 0. The van der Waals surface area contributed by atoms with E-state index in [-0.39, 0.29) is 18.9 Å². The predicted octanol–water partition coefficient (Wildman–Crippen LogP) is 2.06. The van der Waals surface area contributed by atoms with E-state index in [1.807, 2.05) is 10.8 Å². The van der Waals surface area contributed by atoms with Crippen LogP contribution in [-0.4, -0.2) is 43.6 Å². The molecule has 0 spiro atoms. The van der Waals surface area contributed by atoms with Gasteiger partial charge in [0, 0.05) is 6.21 Å². The maximum atomic E-state index is 9.27. The van der Waals surface area contributed by atoms with E-state index in [1.165, 1.54) is 32.1 Å². The first-order valence-electron chi connectivity index (χ1n) is 9.30. The number of imidazole rings is 1. The summed E-state index contributed by atoms with van der Waals surface area (Å²) in [5.41, 5.74) is 10.1. The van der Waals surface area contributed by atoms with E-state index in [0.717, 1.165) is 12.8 Å². The normalized spacial score (nSPS) is 24.7. The average Bonchev–Trinajstić information content (AvgIpc) is 3.29. The van der Waals surface area contributed by atoms with Gasteiger partial charge in [-0.2, -0.15) is 15.1 Å². The number of anilines is 2. The van der Waals surface area contributed by atoms with Gasteiger partial charge in [0.15, 0.2) is 11.5 Å². The van der Waals surface area contributed by atoms with Gasteiger partial charge >= 0.3 is 0 Å². The molecule has 2 aromatic heterocycles. The maximum Gasteiger partial charge on any atom is 0.247 e. The largest absolute Gasteiger partial charge is 0.394 e. The van der Waals surface area contributed by atoms with E-state index in [4.69, 9.17) is 10.5 Å². The summed E-state index contributed by atoms with van der Waals surface area (Å²) in [6, 6.07) is 0. The highest BCUT2D eigenvalue weighted by Gasteiger charge is 2.28. The first-order chi connectivity index (χ1) is 12.7. The van der Waals surface area contributed by atoms with Crippen molar-refractivity contribution < 1.29 is 9.84 Å². The van der Waals surface area contributed by atoms with Crippen LogP contribution in [0, 0.1) is 5.92 Å². The van der Waals surface area contributed by atoms with Gasteiger partial charge < -0.3 is 15.6 Å². The molecule has 1 saturated carbocycles. The number of aliphatic hydroxyl groups is 1. The Morgan fingerprint density at radius 2 is 2.12 bits per heavy atom. The molecule has 0 aromatic carbocycles. The van der Waals surface area contributed by atoms with Crippen LogP contribution >= 0.6 is 0 Å². The summed E-state index contributed by atoms with van der Waals surface area (Å²) in [4.78, 5) is 13.1. The molecule has 4 N–H and O–H groups in total. The van der Waals surface area contributed by atoms with Crippen molar-refractivity contribution in [1.82, 2.24) is 19.5 Å². The summed E-state index contributed by atoms with van der Waals surface area (Å²) in [7, 11) is 0. The molecule has 9 nitrogen and oxygen atoms in total. The van der Waals surface area contributed by atoms with Gasteiger partial charge in [-0.25, -0.2) is 10.4 Å². The monoisotopic (exact) mass is 359 g/mol. The van der Waals surface area contributed by atoms with Crippen LogP contribution in [0.2, 0.25) is 0 Å². The van der Waals surface area contributed by atoms with E-state index in [9.17, 15) is 5.11 Å². The van der Waals surface area contributed by atoms with Crippen LogP contribution in [0.25, 0.3) is 11.2 Å². The van der Waals surface area contributed by atoms with Crippen molar-refractivity contribution in [2.45, 2.75) is 57.3 Å². The lowest BCUT2D eigenvalue weighted by Crippen LogP contribution is -2.14. The van der Waals surface area contributed by atoms with Crippen molar-refractivity contribution in [3.63, 3.8) is 0 Å². The van der Waals surface area contributed by atoms with E-state index in [2.05, 4.69) is 25.5 Å². The minimum Gasteiger partial charge on any atom is -0.394 e. The zero-order valence-corrected chi connectivity index (χ0v) is 14.7. The molecule has 2 aromatic rings. The van der Waals surface area contributed by atoms with Crippen molar-refractivity contribution in [2.24, 2.45) is 11.0 Å². The fourth-order valence-electron chi connectivity index (χ4n) is 3.71. The molecule has 0 radical (unpaired) electrons. The van der Waals surface area contributed by atoms with Crippen molar-refractivity contribution in [1.29, 1.82) is 0 Å². The number of ether oxygens (including phenoxy) is 1. The number of hydrazone groups is 1. The number of hydrogen-bond acceptors (Lipinski definition) is 8. The highest BCUT2D eigenvalue weighted by molar-refractivity contribution is 5.83. The molecule has 3 heterocycles. The quantitative estimate of drug-likeness (QED) is 0.551. The van der Waals surface area contributed by atoms with E-state index >= 15 is 0 Å². The Hall–Kier alpha value is -2.26. The average molecular weight is 359 g/mol. The Morgan fingerprint density at radius 3 is 2.88 bits per heavy atom. The molecule has 4 rings (SSSR count). The lowest BCUT2D eigenvalue weighted by molar-refractivity contribution is -0.0207. The molecular formula is C17H25N7O2. The minimum absolute atomic E-state index is 0.0168. The summed E-state index contributed by atoms with van der Waals surface area (Å²) in [5, 5.41) is 13.6. The molecule has 140 valence electrons. The van der Waals surface area contributed by atoms with Gasteiger partial charge in [-0.1, -0.05) is 19.3 Å². The third-order valence-corrected chi connectivity index (χ3v) is 5.15. The van der Waals surface area contributed by atoms with Gasteiger partial charge in [-0.3, -0.25) is 4.57 Å². The molecule has 9 heteroatoms. The number of aliphatic hydroxyl groups excluding tert-OH is 1. The Labute approximate surface area is 151 Å². The first-order valence-corrected chi connectivity index (χ1v) is 9.30. The van der Waals surface area contributed by atoms with Crippen LogP contribution in [0.3, 0.4) is 0 Å². The van der Waals surface area contributed by atoms with Crippen LogP contribution in [0.15, 0.2) is 11.4 Å².